The lowest BCUT2D eigenvalue weighted by Crippen LogP contribution is -1.98. The van der Waals surface area contributed by atoms with Crippen molar-refractivity contribution in [1.82, 2.24) is 0 Å². The zero-order valence-electron chi connectivity index (χ0n) is 13.6. The molecule has 0 nitrogen and oxygen atoms in total. The molecule has 0 spiro atoms. The van der Waals surface area contributed by atoms with Gasteiger partial charge in [-0.3, -0.25) is 0 Å². The normalized spacial score (nSPS) is 16.9. The summed E-state index contributed by atoms with van der Waals surface area (Å²) in [4.78, 5) is 1.32. The van der Waals surface area contributed by atoms with Crippen LogP contribution in [0.3, 0.4) is 0 Å². The molecular formula is C23H17IS. The fourth-order valence-electron chi connectivity index (χ4n) is 2.94. The Hall–Kier alpha value is -1.78. The summed E-state index contributed by atoms with van der Waals surface area (Å²) in [7, 11) is 0. The average Bonchev–Trinajstić information content (AvgIpc) is 2.69. The van der Waals surface area contributed by atoms with Gasteiger partial charge in [-0.05, 0) is 63.1 Å². The summed E-state index contributed by atoms with van der Waals surface area (Å²) in [5.41, 5.74) is 5.19. The van der Waals surface area contributed by atoms with E-state index in [0.29, 0.717) is 5.25 Å². The van der Waals surface area contributed by atoms with Gasteiger partial charge in [0.25, 0.3) is 0 Å². The van der Waals surface area contributed by atoms with Crippen LogP contribution in [-0.4, -0.2) is 0 Å². The van der Waals surface area contributed by atoms with Crippen molar-refractivity contribution < 1.29 is 0 Å². The minimum Gasteiger partial charge on any atom is -0.113 e. The molecule has 4 rings (SSSR count). The number of hydrogen-bond acceptors (Lipinski definition) is 1. The second kappa shape index (κ2) is 7.63. The summed E-state index contributed by atoms with van der Waals surface area (Å²) in [5, 5.41) is 0.329. The van der Waals surface area contributed by atoms with E-state index in [-0.39, 0.29) is 0 Å². The van der Waals surface area contributed by atoms with E-state index < -0.39 is 0 Å². The van der Waals surface area contributed by atoms with Crippen molar-refractivity contribution in [2.45, 2.75) is 5.25 Å². The Bertz CT molecular complexity index is 909. The van der Waals surface area contributed by atoms with Crippen molar-refractivity contribution >= 4 is 44.8 Å². The highest BCUT2D eigenvalue weighted by Crippen LogP contribution is 2.46. The molecule has 0 radical (unpaired) electrons. The maximum absolute atomic E-state index is 2.38. The summed E-state index contributed by atoms with van der Waals surface area (Å²) < 4.78 is 1.26. The highest BCUT2D eigenvalue weighted by Gasteiger charge is 2.19. The molecule has 122 valence electrons. The number of thioether (sulfide) groups is 1. The van der Waals surface area contributed by atoms with Crippen LogP contribution in [0.2, 0.25) is 0 Å². The molecule has 1 heterocycles. The van der Waals surface area contributed by atoms with Gasteiger partial charge in [-0.25, -0.2) is 0 Å². The van der Waals surface area contributed by atoms with Crippen LogP contribution in [0.5, 0.6) is 0 Å². The molecule has 3 aromatic carbocycles. The van der Waals surface area contributed by atoms with E-state index in [4.69, 9.17) is 0 Å². The van der Waals surface area contributed by atoms with Crippen molar-refractivity contribution in [3.8, 4) is 0 Å². The molecule has 25 heavy (non-hydrogen) atoms. The van der Waals surface area contributed by atoms with Gasteiger partial charge in [0.05, 0.1) is 5.25 Å². The molecule has 2 heteroatoms. The smallest absolute Gasteiger partial charge is 0.0533 e. The van der Waals surface area contributed by atoms with Crippen LogP contribution in [0.25, 0.3) is 10.5 Å². The van der Waals surface area contributed by atoms with Crippen molar-refractivity contribution in [1.29, 1.82) is 0 Å². The molecule has 0 aliphatic carbocycles. The number of benzene rings is 3. The van der Waals surface area contributed by atoms with E-state index in [9.17, 15) is 0 Å². The maximum atomic E-state index is 2.38. The first-order chi connectivity index (χ1) is 12.3. The molecule has 0 aromatic heterocycles. The third kappa shape index (κ3) is 3.91. The largest absolute Gasteiger partial charge is 0.113 e. The molecule has 1 aliphatic heterocycles. The third-order valence-corrected chi connectivity index (χ3v) is 6.22. The number of halogens is 1. The molecule has 0 bridgehead atoms. The van der Waals surface area contributed by atoms with Gasteiger partial charge in [0.1, 0.15) is 0 Å². The van der Waals surface area contributed by atoms with E-state index in [1.54, 1.807) is 0 Å². The third-order valence-electron chi connectivity index (χ3n) is 4.24. The minimum atomic E-state index is 0.329. The Labute approximate surface area is 166 Å². The Morgan fingerprint density at radius 2 is 1.32 bits per heavy atom. The summed E-state index contributed by atoms with van der Waals surface area (Å²) in [6.07, 6.45) is 4.70. The SMILES string of the molecule is Ic1ccc(C2=CC(c3ccccc3)SC(c3ccccc3)=C2)cc1. The Morgan fingerprint density at radius 1 is 0.680 bits per heavy atom. The van der Waals surface area contributed by atoms with Crippen LogP contribution in [0, 0.1) is 3.57 Å². The van der Waals surface area contributed by atoms with E-state index in [2.05, 4.69) is 120 Å². The van der Waals surface area contributed by atoms with Crippen LogP contribution < -0.4 is 0 Å². The average molecular weight is 452 g/mol. The highest BCUT2D eigenvalue weighted by atomic mass is 127. The van der Waals surface area contributed by atoms with Gasteiger partial charge in [0.2, 0.25) is 0 Å². The van der Waals surface area contributed by atoms with Crippen LogP contribution >= 0.6 is 34.4 Å². The highest BCUT2D eigenvalue weighted by molar-refractivity contribution is 14.1. The number of allylic oxidation sites excluding steroid dienone is 2. The van der Waals surface area contributed by atoms with E-state index >= 15 is 0 Å². The minimum absolute atomic E-state index is 0.329. The van der Waals surface area contributed by atoms with Crippen molar-refractivity contribution in [3.05, 3.63) is 117 Å². The topological polar surface area (TPSA) is 0 Å². The lowest BCUT2D eigenvalue weighted by molar-refractivity contribution is 1.23. The lowest BCUT2D eigenvalue weighted by atomic mass is 10.0. The molecule has 3 aromatic rings. The number of hydrogen-bond donors (Lipinski definition) is 0. The molecule has 1 atom stereocenters. The van der Waals surface area contributed by atoms with Crippen LogP contribution in [0.1, 0.15) is 21.9 Å². The fourth-order valence-corrected chi connectivity index (χ4v) is 4.55. The molecule has 0 fully saturated rings. The first kappa shape index (κ1) is 16.7. The maximum Gasteiger partial charge on any atom is 0.0533 e. The Balaban J connectivity index is 1.78. The second-order valence-corrected chi connectivity index (χ2v) is 8.38. The van der Waals surface area contributed by atoms with Gasteiger partial charge in [0.15, 0.2) is 0 Å². The first-order valence-electron chi connectivity index (χ1n) is 8.26. The van der Waals surface area contributed by atoms with Crippen LogP contribution in [0.15, 0.2) is 97.1 Å². The van der Waals surface area contributed by atoms with Gasteiger partial charge in [-0.2, -0.15) is 0 Å². The summed E-state index contributed by atoms with van der Waals surface area (Å²) in [6, 6.07) is 30.2. The zero-order chi connectivity index (χ0) is 17.1. The predicted molar refractivity (Wildman–Crippen MR) is 118 cm³/mol. The predicted octanol–water partition coefficient (Wildman–Crippen LogP) is 7.20. The molecule has 1 unspecified atom stereocenters. The van der Waals surface area contributed by atoms with E-state index in [1.807, 2.05) is 11.8 Å². The molecule has 0 N–H and O–H groups in total. The van der Waals surface area contributed by atoms with Crippen molar-refractivity contribution in [2.75, 3.05) is 0 Å². The molecule has 1 aliphatic rings. The van der Waals surface area contributed by atoms with Gasteiger partial charge in [-0.15, -0.1) is 11.8 Å². The quantitative estimate of drug-likeness (QED) is 0.379. The molecular weight excluding hydrogens is 435 g/mol. The zero-order valence-corrected chi connectivity index (χ0v) is 16.6. The van der Waals surface area contributed by atoms with Crippen LogP contribution in [0.4, 0.5) is 0 Å². The van der Waals surface area contributed by atoms with Crippen molar-refractivity contribution in [2.24, 2.45) is 0 Å². The Morgan fingerprint density at radius 3 is 2.00 bits per heavy atom. The summed E-state index contributed by atoms with van der Waals surface area (Å²) in [5.74, 6) is 0. The first-order valence-corrected chi connectivity index (χ1v) is 10.2. The summed E-state index contributed by atoms with van der Waals surface area (Å²) in [6.45, 7) is 0. The second-order valence-electron chi connectivity index (χ2n) is 5.95. The van der Waals surface area contributed by atoms with E-state index in [0.717, 1.165) is 0 Å². The van der Waals surface area contributed by atoms with Gasteiger partial charge >= 0.3 is 0 Å². The van der Waals surface area contributed by atoms with Gasteiger partial charge in [-0.1, -0.05) is 78.9 Å². The Kier molecular flexibility index (Phi) is 5.09. The van der Waals surface area contributed by atoms with Gasteiger partial charge in [0, 0.05) is 8.48 Å². The van der Waals surface area contributed by atoms with Gasteiger partial charge < -0.3 is 0 Å². The standard InChI is InChI=1S/C23H17IS/c24-21-13-11-17(12-14-21)20-15-22(18-7-3-1-4-8-18)25-23(16-20)19-9-5-2-6-10-19/h1-16,22H. The summed E-state index contributed by atoms with van der Waals surface area (Å²) >= 11 is 4.28. The molecule has 0 saturated heterocycles. The molecule has 0 amide bonds. The van der Waals surface area contributed by atoms with Crippen LogP contribution in [-0.2, 0) is 0 Å². The monoisotopic (exact) mass is 452 g/mol. The van der Waals surface area contributed by atoms with Crippen molar-refractivity contribution in [3.63, 3.8) is 0 Å². The lowest BCUT2D eigenvalue weighted by Gasteiger charge is -2.22. The number of rotatable bonds is 3. The molecule has 0 saturated carbocycles. The fraction of sp³-hybridized carbons (Fsp3) is 0.0435. The van der Waals surface area contributed by atoms with E-state index in [1.165, 1.54) is 30.7 Å².